The Labute approximate surface area is 168 Å². The molecule has 2 fully saturated rings. The summed E-state index contributed by atoms with van der Waals surface area (Å²) in [7, 11) is 0. The smallest absolute Gasteiger partial charge is 0.248 e. The van der Waals surface area contributed by atoms with Gasteiger partial charge in [-0.2, -0.15) is 0 Å². The number of H-pyrrole nitrogens is 1. The van der Waals surface area contributed by atoms with E-state index in [9.17, 15) is 4.79 Å². The summed E-state index contributed by atoms with van der Waals surface area (Å²) < 4.78 is 0. The van der Waals surface area contributed by atoms with Crippen LogP contribution < -0.4 is 10.5 Å². The first-order valence-electron chi connectivity index (χ1n) is 10.2. The average molecular weight is 396 g/mol. The van der Waals surface area contributed by atoms with Crippen molar-refractivity contribution < 1.29 is 0 Å². The topological polar surface area (TPSA) is 65.1 Å². The molecule has 4 heterocycles. The van der Waals surface area contributed by atoms with E-state index in [1.807, 2.05) is 24.3 Å². The van der Waals surface area contributed by atoms with E-state index in [-0.39, 0.29) is 5.56 Å². The molecule has 28 heavy (non-hydrogen) atoms. The number of pyridine rings is 1. The number of piperidine rings is 2. The number of aromatic amines is 1. The quantitative estimate of drug-likeness (QED) is 0.735. The first kappa shape index (κ1) is 17.8. The second kappa shape index (κ2) is 7.64. The molecule has 7 heteroatoms. The minimum Gasteiger partial charge on any atom is -0.347 e. The van der Waals surface area contributed by atoms with Gasteiger partial charge in [-0.1, -0.05) is 29.9 Å². The maximum absolute atomic E-state index is 11.6. The maximum atomic E-state index is 11.6. The molecule has 6 nitrogen and oxygen atoms in total. The first-order valence-corrected chi connectivity index (χ1v) is 11.0. The number of rotatable bonds is 3. The Kier molecular flexibility index (Phi) is 4.86. The fourth-order valence-corrected chi connectivity index (χ4v) is 5.47. The predicted octanol–water partition coefficient (Wildman–Crippen LogP) is 3.50. The monoisotopic (exact) mass is 395 g/mol. The number of hydrogen-bond donors (Lipinski definition) is 1. The van der Waals surface area contributed by atoms with Gasteiger partial charge in [0.05, 0.1) is 0 Å². The Hall–Kier alpha value is -2.25. The van der Waals surface area contributed by atoms with Gasteiger partial charge >= 0.3 is 0 Å². The lowest BCUT2D eigenvalue weighted by atomic mass is 10.0. The van der Waals surface area contributed by atoms with Gasteiger partial charge in [0.25, 0.3) is 0 Å². The number of benzene rings is 1. The van der Waals surface area contributed by atoms with Gasteiger partial charge in [0.15, 0.2) is 0 Å². The van der Waals surface area contributed by atoms with E-state index in [0.29, 0.717) is 0 Å². The van der Waals surface area contributed by atoms with E-state index in [4.69, 9.17) is 0 Å². The van der Waals surface area contributed by atoms with Gasteiger partial charge in [-0.3, -0.25) is 4.79 Å². The number of nitrogens with zero attached hydrogens (tertiary/aromatic N) is 4. The van der Waals surface area contributed by atoms with Gasteiger partial charge < -0.3 is 14.8 Å². The Morgan fingerprint density at radius 3 is 2.61 bits per heavy atom. The van der Waals surface area contributed by atoms with Crippen molar-refractivity contribution >= 4 is 27.4 Å². The van der Waals surface area contributed by atoms with Gasteiger partial charge in [-0.25, -0.2) is 0 Å². The molecule has 2 aliphatic rings. The van der Waals surface area contributed by atoms with Crippen molar-refractivity contribution in [2.45, 2.75) is 38.1 Å². The maximum Gasteiger partial charge on any atom is 0.248 e. The molecule has 1 N–H and O–H groups in total. The van der Waals surface area contributed by atoms with Crippen molar-refractivity contribution in [3.8, 4) is 10.6 Å². The van der Waals surface area contributed by atoms with Crippen molar-refractivity contribution in [1.29, 1.82) is 0 Å². The van der Waals surface area contributed by atoms with E-state index in [1.165, 1.54) is 45.2 Å². The highest BCUT2D eigenvalue weighted by Crippen LogP contribution is 2.34. The molecule has 2 saturated heterocycles. The van der Waals surface area contributed by atoms with Crippen LogP contribution in [0, 0.1) is 0 Å². The van der Waals surface area contributed by atoms with Crippen LogP contribution >= 0.6 is 11.3 Å². The molecule has 5 rings (SSSR count). The second-order valence-corrected chi connectivity index (χ2v) is 8.75. The Morgan fingerprint density at radius 1 is 0.964 bits per heavy atom. The van der Waals surface area contributed by atoms with Crippen LogP contribution in [0.25, 0.3) is 21.5 Å². The van der Waals surface area contributed by atoms with E-state index in [1.54, 1.807) is 17.4 Å². The third-order valence-corrected chi connectivity index (χ3v) is 7.07. The summed E-state index contributed by atoms with van der Waals surface area (Å²) in [5, 5.41) is 11.9. The van der Waals surface area contributed by atoms with Crippen LogP contribution in [0.1, 0.15) is 32.1 Å². The lowest BCUT2D eigenvalue weighted by Gasteiger charge is -2.40. The number of nitrogens with one attached hydrogen (secondary N) is 1. The zero-order chi connectivity index (χ0) is 18.9. The normalized spacial score (nSPS) is 19.4. The molecule has 2 aromatic heterocycles. The van der Waals surface area contributed by atoms with E-state index < -0.39 is 0 Å². The number of anilines is 1. The van der Waals surface area contributed by atoms with E-state index in [2.05, 4.69) is 25.0 Å². The molecular weight excluding hydrogens is 370 g/mol. The predicted molar refractivity (Wildman–Crippen MR) is 114 cm³/mol. The summed E-state index contributed by atoms with van der Waals surface area (Å²) in [5.74, 6) is 0. The lowest BCUT2D eigenvalue weighted by molar-refractivity contribution is 0.141. The van der Waals surface area contributed by atoms with Crippen molar-refractivity contribution in [2.24, 2.45) is 0 Å². The molecular formula is C21H25N5OS. The molecule has 0 radical (unpaired) electrons. The molecule has 1 aromatic carbocycles. The van der Waals surface area contributed by atoms with Crippen molar-refractivity contribution in [3.63, 3.8) is 0 Å². The third-order valence-electron chi connectivity index (χ3n) is 6.05. The van der Waals surface area contributed by atoms with Crippen molar-refractivity contribution in [2.75, 3.05) is 31.1 Å². The summed E-state index contributed by atoms with van der Waals surface area (Å²) in [4.78, 5) is 19.6. The molecule has 3 aromatic rings. The van der Waals surface area contributed by atoms with Gasteiger partial charge in [-0.15, -0.1) is 10.2 Å². The summed E-state index contributed by atoms with van der Waals surface area (Å²) in [6.07, 6.45) is 6.53. The van der Waals surface area contributed by atoms with E-state index >= 15 is 0 Å². The molecule has 0 aliphatic carbocycles. The molecule has 0 spiro atoms. The summed E-state index contributed by atoms with van der Waals surface area (Å²) in [5.41, 5.74) is 1.78. The Bertz CT molecular complexity index is 1010. The standard InChI is InChI=1S/C21H25N5OS/c27-19-8-7-16-17(5-4-6-18(16)22-19)20-23-24-21(28-20)26-13-9-15(10-14-26)25-11-2-1-3-12-25/h4-8,15H,1-3,9-14H2,(H,22,27). The third kappa shape index (κ3) is 3.44. The second-order valence-electron chi connectivity index (χ2n) is 7.79. The summed E-state index contributed by atoms with van der Waals surface area (Å²) >= 11 is 1.65. The number of fused-ring (bicyclic) bond motifs is 1. The minimum atomic E-state index is -0.0841. The van der Waals surface area contributed by atoms with Crippen LogP contribution in [0.5, 0.6) is 0 Å². The van der Waals surface area contributed by atoms with Crippen LogP contribution in [0.4, 0.5) is 5.13 Å². The summed E-state index contributed by atoms with van der Waals surface area (Å²) in [6.45, 7) is 4.66. The highest BCUT2D eigenvalue weighted by atomic mass is 32.1. The first-order chi connectivity index (χ1) is 13.8. The zero-order valence-corrected chi connectivity index (χ0v) is 16.7. The number of likely N-dealkylation sites (tertiary alicyclic amines) is 1. The zero-order valence-electron chi connectivity index (χ0n) is 15.9. The summed E-state index contributed by atoms with van der Waals surface area (Å²) in [6, 6.07) is 10.1. The van der Waals surface area contributed by atoms with Crippen LogP contribution in [0.3, 0.4) is 0 Å². The van der Waals surface area contributed by atoms with Crippen molar-refractivity contribution in [1.82, 2.24) is 20.1 Å². The van der Waals surface area contributed by atoms with Crippen molar-refractivity contribution in [3.05, 3.63) is 40.7 Å². The molecule has 2 aliphatic heterocycles. The Balaban J connectivity index is 1.33. The fraction of sp³-hybridized carbons (Fsp3) is 0.476. The van der Waals surface area contributed by atoms with Crippen LogP contribution in [-0.4, -0.2) is 52.3 Å². The lowest BCUT2D eigenvalue weighted by Crippen LogP contribution is -2.46. The van der Waals surface area contributed by atoms with Gasteiger partial charge in [0.1, 0.15) is 5.01 Å². The molecule has 146 valence electrons. The van der Waals surface area contributed by atoms with Crippen LogP contribution in [-0.2, 0) is 0 Å². The van der Waals surface area contributed by atoms with Gasteiger partial charge in [-0.05, 0) is 50.9 Å². The average Bonchev–Trinajstić information content (AvgIpc) is 3.24. The highest BCUT2D eigenvalue weighted by Gasteiger charge is 2.27. The molecule has 0 amide bonds. The molecule has 0 saturated carbocycles. The van der Waals surface area contributed by atoms with Crippen LogP contribution in [0.2, 0.25) is 0 Å². The minimum absolute atomic E-state index is 0.0841. The van der Waals surface area contributed by atoms with Gasteiger partial charge in [0.2, 0.25) is 10.7 Å². The molecule has 0 atom stereocenters. The molecule has 0 unspecified atom stereocenters. The van der Waals surface area contributed by atoms with Crippen LogP contribution in [0.15, 0.2) is 35.1 Å². The number of hydrogen-bond acceptors (Lipinski definition) is 6. The fourth-order valence-electron chi connectivity index (χ4n) is 4.53. The highest BCUT2D eigenvalue weighted by molar-refractivity contribution is 7.18. The van der Waals surface area contributed by atoms with Gasteiger partial charge in [0, 0.05) is 41.7 Å². The SMILES string of the molecule is O=c1ccc2c(-c3nnc(N4CCC(N5CCCCC5)CC4)s3)cccc2[nH]1. The van der Waals surface area contributed by atoms with E-state index in [0.717, 1.165) is 45.7 Å². The molecule has 0 bridgehead atoms. The number of aromatic nitrogens is 3. The largest absolute Gasteiger partial charge is 0.347 e. The Morgan fingerprint density at radius 2 is 1.79 bits per heavy atom.